The van der Waals surface area contributed by atoms with Gasteiger partial charge in [0.2, 0.25) is 10.0 Å². The molecule has 0 bridgehead atoms. The lowest BCUT2D eigenvalue weighted by Gasteiger charge is -2.19. The van der Waals surface area contributed by atoms with Crippen molar-refractivity contribution in [3.8, 4) is 22.6 Å². The molecule has 1 amide bonds. The number of hydrogen-bond donors (Lipinski definition) is 2. The first kappa shape index (κ1) is 28.2. The second kappa shape index (κ2) is 10.4. The maximum atomic E-state index is 14.5. The number of fused-ring (bicyclic) bond motifs is 1. The molecule has 0 spiro atoms. The highest BCUT2D eigenvalue weighted by molar-refractivity contribution is 7.92. The van der Waals surface area contributed by atoms with Crippen molar-refractivity contribution in [2.75, 3.05) is 10.5 Å². The Morgan fingerprint density at radius 2 is 1.74 bits per heavy atom. The van der Waals surface area contributed by atoms with Crippen molar-refractivity contribution < 1.29 is 26.7 Å². The normalized spacial score (nSPS) is 12.0. The van der Waals surface area contributed by atoms with Gasteiger partial charge in [0.05, 0.1) is 20.7 Å². The van der Waals surface area contributed by atoms with Gasteiger partial charge in [-0.25, -0.2) is 17.2 Å². The van der Waals surface area contributed by atoms with Gasteiger partial charge in [0.25, 0.3) is 11.5 Å². The number of aryl methyl sites for hydroxylation is 1. The Kier molecular flexibility index (Phi) is 7.55. The van der Waals surface area contributed by atoms with Crippen LogP contribution in [0, 0.1) is 11.6 Å². The van der Waals surface area contributed by atoms with E-state index in [4.69, 9.17) is 4.74 Å². The van der Waals surface area contributed by atoms with Gasteiger partial charge in [-0.1, -0.05) is 0 Å². The number of nitrogens with one attached hydrogen (secondary N) is 2. The first-order chi connectivity index (χ1) is 18.2. The van der Waals surface area contributed by atoms with Gasteiger partial charge in [0, 0.05) is 41.7 Å². The summed E-state index contributed by atoms with van der Waals surface area (Å²) in [7, 11) is -2.09. The molecule has 0 atom stereocenters. The molecule has 8 nitrogen and oxygen atoms in total. The van der Waals surface area contributed by atoms with Gasteiger partial charge in [-0.2, -0.15) is 0 Å². The number of carbonyl (C=O) groups excluding carboxylic acids is 1. The third-order valence-corrected chi connectivity index (χ3v) is 8.07. The van der Waals surface area contributed by atoms with E-state index in [0.29, 0.717) is 26.8 Å². The molecule has 2 N–H and O–H groups in total. The van der Waals surface area contributed by atoms with Crippen LogP contribution in [0.2, 0.25) is 0 Å². The van der Waals surface area contributed by atoms with Gasteiger partial charge < -0.3 is 14.6 Å². The van der Waals surface area contributed by atoms with Crippen molar-refractivity contribution in [3.05, 3.63) is 75.5 Å². The van der Waals surface area contributed by atoms with Crippen molar-refractivity contribution >= 4 is 43.0 Å². The number of hydrogen-bond acceptors (Lipinski definition) is 6. The average Bonchev–Trinajstić information content (AvgIpc) is 3.29. The number of aromatic nitrogens is 1. The van der Waals surface area contributed by atoms with Crippen LogP contribution in [-0.4, -0.2) is 30.2 Å². The van der Waals surface area contributed by atoms with Gasteiger partial charge in [-0.15, -0.1) is 11.3 Å². The number of benzene rings is 2. The molecule has 0 aliphatic carbocycles. The second-order valence-electron chi connectivity index (χ2n) is 9.91. The maximum Gasteiger partial charge on any atom is 0.261 e. The fourth-order valence-corrected chi connectivity index (χ4v) is 5.48. The summed E-state index contributed by atoms with van der Waals surface area (Å²) in [6, 6.07) is 8.77. The summed E-state index contributed by atoms with van der Waals surface area (Å²) in [5, 5.41) is 3.15. The number of carbonyl (C=O) groups is 1. The Morgan fingerprint density at radius 1 is 1.05 bits per heavy atom. The number of anilines is 1. The third kappa shape index (κ3) is 6.28. The number of thiophene rings is 1. The number of nitrogens with zero attached hydrogens (tertiary/aromatic N) is 1. The largest absolute Gasteiger partial charge is 0.454 e. The molecule has 0 aliphatic rings. The van der Waals surface area contributed by atoms with Crippen molar-refractivity contribution in [3.63, 3.8) is 0 Å². The van der Waals surface area contributed by atoms with Gasteiger partial charge in [-0.05, 0) is 64.1 Å². The molecular weight excluding hydrogens is 548 g/mol. The standard InChI is InChI=1S/C27H27F2N3O5S2/c1-6-39(35,36)31-16-8-10-21(37-22-9-7-15(28)11-20(22)29)17(12-16)19-14-32(5)26(34)18-13-23(38-24(18)19)25(33)30-27(2,3)4/h7-14,31H,6H2,1-5H3,(H,30,33). The number of rotatable bonds is 7. The maximum absolute atomic E-state index is 14.5. The molecule has 12 heteroatoms. The minimum atomic E-state index is -3.63. The van der Waals surface area contributed by atoms with Gasteiger partial charge >= 0.3 is 0 Å². The number of sulfonamides is 1. The summed E-state index contributed by atoms with van der Waals surface area (Å²) >= 11 is 1.09. The fraction of sp³-hybridized carbons (Fsp3) is 0.259. The monoisotopic (exact) mass is 575 g/mol. The van der Waals surface area contributed by atoms with Crippen molar-refractivity contribution in [2.45, 2.75) is 33.2 Å². The summed E-state index contributed by atoms with van der Waals surface area (Å²) in [6.07, 6.45) is 1.54. The smallest absolute Gasteiger partial charge is 0.261 e. The van der Waals surface area contributed by atoms with E-state index in [1.165, 1.54) is 42.0 Å². The van der Waals surface area contributed by atoms with E-state index in [1.807, 2.05) is 20.8 Å². The lowest BCUT2D eigenvalue weighted by atomic mass is 10.0. The first-order valence-corrected chi connectivity index (χ1v) is 14.4. The number of ether oxygens (including phenoxy) is 1. The van der Waals surface area contributed by atoms with Gasteiger partial charge in [0.15, 0.2) is 11.6 Å². The summed E-state index contributed by atoms with van der Waals surface area (Å²) in [5.41, 5.74) is 0.131. The van der Waals surface area contributed by atoms with Crippen LogP contribution in [0.5, 0.6) is 11.5 Å². The van der Waals surface area contributed by atoms with E-state index in [2.05, 4.69) is 10.0 Å². The molecule has 206 valence electrons. The molecule has 2 aromatic heterocycles. The minimum absolute atomic E-state index is 0.119. The topological polar surface area (TPSA) is 106 Å². The molecule has 39 heavy (non-hydrogen) atoms. The van der Waals surface area contributed by atoms with Gasteiger partial charge in [0.1, 0.15) is 11.6 Å². The Labute approximate surface area is 228 Å². The van der Waals surface area contributed by atoms with Crippen LogP contribution in [0.1, 0.15) is 37.4 Å². The second-order valence-corrected chi connectivity index (χ2v) is 13.0. The molecule has 4 rings (SSSR count). The molecule has 0 aliphatic heterocycles. The molecule has 4 aromatic rings. The molecule has 0 saturated heterocycles. The number of halogens is 2. The highest BCUT2D eigenvalue weighted by Gasteiger charge is 2.23. The quantitative estimate of drug-likeness (QED) is 0.297. The SMILES string of the molecule is CCS(=O)(=O)Nc1ccc(Oc2ccc(F)cc2F)c(-c2cn(C)c(=O)c3cc(C(=O)NC(C)(C)C)sc23)c1. The Hall–Kier alpha value is -3.77. The lowest BCUT2D eigenvalue weighted by molar-refractivity contribution is 0.0923. The van der Waals surface area contributed by atoms with Crippen LogP contribution in [-0.2, 0) is 17.1 Å². The number of amides is 1. The minimum Gasteiger partial charge on any atom is -0.454 e. The zero-order valence-electron chi connectivity index (χ0n) is 21.9. The van der Waals surface area contributed by atoms with E-state index in [-0.39, 0.29) is 39.8 Å². The van der Waals surface area contributed by atoms with E-state index in [9.17, 15) is 26.8 Å². The van der Waals surface area contributed by atoms with Crippen LogP contribution in [0.25, 0.3) is 21.2 Å². The van der Waals surface area contributed by atoms with E-state index in [1.54, 1.807) is 7.05 Å². The highest BCUT2D eigenvalue weighted by Crippen LogP contribution is 2.41. The molecule has 0 fully saturated rings. The fourth-order valence-electron chi connectivity index (χ4n) is 3.78. The first-order valence-electron chi connectivity index (χ1n) is 11.9. The summed E-state index contributed by atoms with van der Waals surface area (Å²) in [4.78, 5) is 26.2. The summed E-state index contributed by atoms with van der Waals surface area (Å²) < 4.78 is 62.5. The van der Waals surface area contributed by atoms with Crippen LogP contribution >= 0.6 is 11.3 Å². The average molecular weight is 576 g/mol. The lowest BCUT2D eigenvalue weighted by Crippen LogP contribution is -2.40. The molecular formula is C27H27F2N3O5S2. The zero-order valence-corrected chi connectivity index (χ0v) is 23.5. The van der Waals surface area contributed by atoms with Gasteiger partial charge in [-0.3, -0.25) is 14.3 Å². The van der Waals surface area contributed by atoms with E-state index >= 15 is 0 Å². The Bertz CT molecular complexity index is 1760. The van der Waals surface area contributed by atoms with Crippen molar-refractivity contribution in [2.24, 2.45) is 7.05 Å². The van der Waals surface area contributed by atoms with Crippen LogP contribution in [0.3, 0.4) is 0 Å². The zero-order chi connectivity index (χ0) is 28.7. The summed E-state index contributed by atoms with van der Waals surface area (Å²) in [5.74, 6) is -2.36. The molecule has 2 heterocycles. The predicted octanol–water partition coefficient (Wildman–Crippen LogP) is 5.63. The van der Waals surface area contributed by atoms with Crippen LogP contribution in [0.4, 0.5) is 14.5 Å². The summed E-state index contributed by atoms with van der Waals surface area (Å²) in [6.45, 7) is 7.00. The van der Waals surface area contributed by atoms with E-state index < -0.39 is 27.2 Å². The molecule has 0 radical (unpaired) electrons. The third-order valence-electron chi connectivity index (χ3n) is 5.60. The van der Waals surface area contributed by atoms with Crippen LogP contribution in [0.15, 0.2) is 53.5 Å². The van der Waals surface area contributed by atoms with Crippen molar-refractivity contribution in [1.29, 1.82) is 0 Å². The van der Waals surface area contributed by atoms with Crippen molar-refractivity contribution in [1.82, 2.24) is 9.88 Å². The highest BCUT2D eigenvalue weighted by atomic mass is 32.2. The molecule has 2 aromatic carbocycles. The Morgan fingerprint density at radius 3 is 2.38 bits per heavy atom. The predicted molar refractivity (Wildman–Crippen MR) is 149 cm³/mol. The van der Waals surface area contributed by atoms with E-state index in [0.717, 1.165) is 23.5 Å². The molecule has 0 unspecified atom stereocenters. The number of pyridine rings is 1. The molecule has 0 saturated carbocycles. The Balaban J connectivity index is 1.95. The van der Waals surface area contributed by atoms with Crippen LogP contribution < -0.4 is 20.3 Å².